The normalized spacial score (nSPS) is 16.5. The first-order valence-corrected chi connectivity index (χ1v) is 10.2. The third kappa shape index (κ3) is 3.00. The lowest BCUT2D eigenvalue weighted by molar-refractivity contribution is 0.0654. The summed E-state index contributed by atoms with van der Waals surface area (Å²) in [5.74, 6) is -0.636. The molecular weight excluding hydrogens is 385 g/mol. The molecule has 1 atom stereocenters. The fourth-order valence-corrected chi connectivity index (χ4v) is 4.43. The molecule has 1 aliphatic rings. The Morgan fingerprint density at radius 3 is 2.47 bits per heavy atom. The van der Waals surface area contributed by atoms with Gasteiger partial charge in [0.15, 0.2) is 11.4 Å². The highest BCUT2D eigenvalue weighted by molar-refractivity contribution is 6.05. The third-order valence-electron chi connectivity index (χ3n) is 6.02. The second kappa shape index (κ2) is 7.31. The summed E-state index contributed by atoms with van der Waals surface area (Å²) in [6.45, 7) is 9.27. The number of rotatable bonds is 4. The van der Waals surface area contributed by atoms with Gasteiger partial charge in [-0.15, -0.1) is 0 Å². The largest absolute Gasteiger partial charge is 0.505 e. The van der Waals surface area contributed by atoms with E-state index in [4.69, 9.17) is 0 Å². The van der Waals surface area contributed by atoms with E-state index in [1.165, 1.54) is 16.7 Å². The van der Waals surface area contributed by atoms with Gasteiger partial charge in [0.05, 0.1) is 18.1 Å². The number of amides is 1. The molecule has 3 aromatic rings. The summed E-state index contributed by atoms with van der Waals surface area (Å²) >= 11 is 0. The van der Waals surface area contributed by atoms with Crippen LogP contribution in [0.1, 0.15) is 48.4 Å². The van der Waals surface area contributed by atoms with Crippen molar-refractivity contribution in [2.45, 2.75) is 40.3 Å². The van der Waals surface area contributed by atoms with Gasteiger partial charge in [-0.25, -0.2) is 4.39 Å². The van der Waals surface area contributed by atoms with E-state index in [-0.39, 0.29) is 52.6 Å². The van der Waals surface area contributed by atoms with Crippen molar-refractivity contribution >= 4 is 16.8 Å². The molecule has 0 radical (unpaired) electrons. The molecule has 2 aromatic heterocycles. The van der Waals surface area contributed by atoms with E-state index in [0.29, 0.717) is 18.6 Å². The van der Waals surface area contributed by atoms with Crippen molar-refractivity contribution in [1.29, 1.82) is 0 Å². The Balaban J connectivity index is 1.96. The predicted molar refractivity (Wildman–Crippen MR) is 114 cm³/mol. The van der Waals surface area contributed by atoms with E-state index >= 15 is 0 Å². The van der Waals surface area contributed by atoms with Gasteiger partial charge < -0.3 is 19.1 Å². The molecule has 7 heteroatoms. The third-order valence-corrected chi connectivity index (χ3v) is 6.02. The minimum absolute atomic E-state index is 0.0351. The van der Waals surface area contributed by atoms with Crippen molar-refractivity contribution in [3.05, 3.63) is 63.5 Å². The van der Waals surface area contributed by atoms with Crippen LogP contribution < -0.4 is 5.56 Å². The van der Waals surface area contributed by atoms with Gasteiger partial charge in [0.1, 0.15) is 11.2 Å². The van der Waals surface area contributed by atoms with Gasteiger partial charge in [0, 0.05) is 19.3 Å². The van der Waals surface area contributed by atoms with E-state index in [1.54, 1.807) is 23.2 Å². The maximum Gasteiger partial charge on any atom is 0.274 e. The second-order valence-electron chi connectivity index (χ2n) is 8.32. The lowest BCUT2D eigenvalue weighted by Crippen LogP contribution is -2.44. The van der Waals surface area contributed by atoms with Crippen molar-refractivity contribution in [1.82, 2.24) is 14.0 Å². The summed E-state index contributed by atoms with van der Waals surface area (Å²) in [7, 11) is 0. The number of nitrogens with zero attached hydrogens (tertiary/aromatic N) is 3. The molecule has 1 N–H and O–H groups in total. The summed E-state index contributed by atoms with van der Waals surface area (Å²) in [5, 5.41) is 11.2. The maximum atomic E-state index is 13.3. The van der Waals surface area contributed by atoms with Gasteiger partial charge in [-0.3, -0.25) is 9.59 Å². The average molecular weight is 411 g/mol. The summed E-state index contributed by atoms with van der Waals surface area (Å²) in [4.78, 5) is 28.1. The Bertz CT molecular complexity index is 1190. The van der Waals surface area contributed by atoms with Gasteiger partial charge >= 0.3 is 0 Å². The van der Waals surface area contributed by atoms with Crippen LogP contribution in [0.15, 0.2) is 35.3 Å². The number of halogens is 1. The molecule has 3 heterocycles. The molecule has 158 valence electrons. The van der Waals surface area contributed by atoms with E-state index in [1.807, 2.05) is 18.4 Å². The maximum absolute atomic E-state index is 13.3. The molecule has 0 unspecified atom stereocenters. The van der Waals surface area contributed by atoms with Crippen molar-refractivity contribution in [2.75, 3.05) is 13.1 Å². The number of hydrogen-bond donors (Lipinski definition) is 1. The minimum atomic E-state index is -0.363. The van der Waals surface area contributed by atoms with Crippen molar-refractivity contribution in [2.24, 2.45) is 5.92 Å². The quantitative estimate of drug-likeness (QED) is 0.712. The SMILES string of the molecule is CCN1C[C@H](C(C)C)n2c(c(O)c3c(=O)n(Cc4ccc(F)cc4)cc(C)c32)C1=O. The van der Waals surface area contributed by atoms with Crippen LogP contribution in [0.5, 0.6) is 5.75 Å². The number of aryl methyl sites for hydroxylation is 1. The highest BCUT2D eigenvalue weighted by Crippen LogP contribution is 2.40. The van der Waals surface area contributed by atoms with Gasteiger partial charge in [-0.2, -0.15) is 0 Å². The number of aromatic nitrogens is 2. The average Bonchev–Trinajstić information content (AvgIpc) is 3.02. The zero-order valence-electron chi connectivity index (χ0n) is 17.6. The van der Waals surface area contributed by atoms with Crippen LogP contribution in [0.2, 0.25) is 0 Å². The molecule has 0 saturated carbocycles. The number of fused-ring (bicyclic) bond motifs is 3. The van der Waals surface area contributed by atoms with E-state index in [0.717, 1.165) is 11.1 Å². The van der Waals surface area contributed by atoms with Crippen LogP contribution in [0.4, 0.5) is 4.39 Å². The van der Waals surface area contributed by atoms with Crippen LogP contribution >= 0.6 is 0 Å². The fourth-order valence-electron chi connectivity index (χ4n) is 4.43. The number of aromatic hydroxyl groups is 1. The fraction of sp³-hybridized carbons (Fsp3) is 0.391. The van der Waals surface area contributed by atoms with Crippen molar-refractivity contribution in [3.63, 3.8) is 0 Å². The van der Waals surface area contributed by atoms with Gasteiger partial charge in [-0.05, 0) is 43.0 Å². The Kier molecular flexibility index (Phi) is 4.92. The highest BCUT2D eigenvalue weighted by atomic mass is 19.1. The van der Waals surface area contributed by atoms with Crippen LogP contribution in [-0.4, -0.2) is 38.1 Å². The molecule has 0 fully saturated rings. The lowest BCUT2D eigenvalue weighted by Gasteiger charge is -2.36. The van der Waals surface area contributed by atoms with Gasteiger partial charge in [0.2, 0.25) is 0 Å². The summed E-state index contributed by atoms with van der Waals surface area (Å²) in [5.41, 5.74) is 2.02. The Morgan fingerprint density at radius 1 is 1.20 bits per heavy atom. The number of carbonyl (C=O) groups is 1. The number of likely N-dealkylation sites (N-methyl/N-ethyl adjacent to an activating group) is 1. The van der Waals surface area contributed by atoms with Crippen LogP contribution in [0.25, 0.3) is 10.9 Å². The molecule has 6 nitrogen and oxygen atoms in total. The highest BCUT2D eigenvalue weighted by Gasteiger charge is 2.38. The van der Waals surface area contributed by atoms with Gasteiger partial charge in [0.25, 0.3) is 11.5 Å². The minimum Gasteiger partial charge on any atom is -0.505 e. The number of benzene rings is 1. The molecule has 0 spiro atoms. The topological polar surface area (TPSA) is 67.5 Å². The van der Waals surface area contributed by atoms with E-state index in [9.17, 15) is 19.1 Å². The first-order valence-electron chi connectivity index (χ1n) is 10.2. The van der Waals surface area contributed by atoms with E-state index < -0.39 is 0 Å². The standard InChI is InChI=1S/C23H26FN3O3/c1-5-25-12-17(13(2)3)27-19-14(4)10-26(11-15-6-8-16(24)9-7-15)22(29)18(19)21(28)20(27)23(25)30/h6-10,13,17,28H,5,11-12H2,1-4H3/t17-/m1/s1. The molecule has 0 aliphatic carbocycles. The van der Waals surface area contributed by atoms with Crippen molar-refractivity contribution in [3.8, 4) is 5.75 Å². The lowest BCUT2D eigenvalue weighted by atomic mass is 10.0. The summed E-state index contributed by atoms with van der Waals surface area (Å²) < 4.78 is 16.6. The van der Waals surface area contributed by atoms with E-state index in [2.05, 4.69) is 13.8 Å². The number of carbonyl (C=O) groups excluding carboxylic acids is 1. The molecule has 1 aromatic carbocycles. The molecule has 1 amide bonds. The summed E-state index contributed by atoms with van der Waals surface area (Å²) in [6.07, 6.45) is 1.74. The first kappa shape index (κ1) is 20.2. The first-order chi connectivity index (χ1) is 14.2. The Hall–Kier alpha value is -3.09. The van der Waals surface area contributed by atoms with Crippen LogP contribution in [0.3, 0.4) is 0 Å². The van der Waals surface area contributed by atoms with Crippen LogP contribution in [0, 0.1) is 18.7 Å². The van der Waals surface area contributed by atoms with Crippen LogP contribution in [-0.2, 0) is 6.54 Å². The van der Waals surface area contributed by atoms with Crippen molar-refractivity contribution < 1.29 is 14.3 Å². The Labute approximate surface area is 174 Å². The molecule has 4 rings (SSSR count). The van der Waals surface area contributed by atoms with Gasteiger partial charge in [-0.1, -0.05) is 26.0 Å². The number of pyridine rings is 1. The summed E-state index contributed by atoms with van der Waals surface area (Å²) in [6, 6.07) is 5.93. The predicted octanol–water partition coefficient (Wildman–Crippen LogP) is 3.68. The zero-order chi connectivity index (χ0) is 21.7. The number of hydrogen-bond acceptors (Lipinski definition) is 3. The Morgan fingerprint density at radius 2 is 1.87 bits per heavy atom. The molecule has 0 saturated heterocycles. The zero-order valence-corrected chi connectivity index (χ0v) is 17.6. The molecule has 30 heavy (non-hydrogen) atoms. The smallest absolute Gasteiger partial charge is 0.274 e. The molecule has 1 aliphatic heterocycles. The second-order valence-corrected chi connectivity index (χ2v) is 8.32. The molecular formula is C23H26FN3O3. The monoisotopic (exact) mass is 411 g/mol. The molecule has 0 bridgehead atoms.